The Morgan fingerprint density at radius 3 is 2.92 bits per heavy atom. The molecule has 0 radical (unpaired) electrons. The molecule has 1 aromatic heterocycles. The van der Waals surface area contributed by atoms with E-state index in [-0.39, 0.29) is 11.4 Å². The number of hydrogen-bond donors (Lipinski definition) is 1. The van der Waals surface area contributed by atoms with Gasteiger partial charge in [0.05, 0.1) is 12.3 Å². The average molecular weight is 340 g/mol. The predicted octanol–water partition coefficient (Wildman–Crippen LogP) is 3.04. The second kappa shape index (κ2) is 6.19. The summed E-state index contributed by atoms with van der Waals surface area (Å²) in [6.45, 7) is 5.23. The van der Waals surface area contributed by atoms with Gasteiger partial charge in [0.1, 0.15) is 5.82 Å². The topological polar surface area (TPSA) is 59.4 Å². The zero-order valence-corrected chi connectivity index (χ0v) is 14.8. The summed E-state index contributed by atoms with van der Waals surface area (Å²) in [4.78, 5) is 14.6. The molecule has 2 fully saturated rings. The number of nitrogens with one attached hydrogen (secondary N) is 1. The van der Waals surface area contributed by atoms with Crippen molar-refractivity contribution in [2.24, 2.45) is 12.5 Å². The Morgan fingerprint density at radius 1 is 1.32 bits per heavy atom. The van der Waals surface area contributed by atoms with Crippen molar-refractivity contribution in [1.82, 2.24) is 14.7 Å². The Morgan fingerprint density at radius 2 is 2.16 bits per heavy atom. The van der Waals surface area contributed by atoms with Gasteiger partial charge >= 0.3 is 6.03 Å². The molecule has 6 heteroatoms. The van der Waals surface area contributed by atoms with E-state index >= 15 is 0 Å². The van der Waals surface area contributed by atoms with Gasteiger partial charge in [-0.05, 0) is 25.3 Å². The van der Waals surface area contributed by atoms with Crippen LogP contribution in [0.2, 0.25) is 0 Å². The fourth-order valence-electron chi connectivity index (χ4n) is 3.84. The molecule has 6 nitrogen and oxygen atoms in total. The quantitative estimate of drug-likeness (QED) is 0.914. The number of benzene rings is 1. The molecule has 2 aliphatic rings. The number of amides is 2. The molecule has 1 N–H and O–H groups in total. The van der Waals surface area contributed by atoms with Gasteiger partial charge in [-0.2, -0.15) is 5.10 Å². The second-order valence-electron chi connectivity index (χ2n) is 7.26. The number of aromatic nitrogens is 2. The third-order valence-corrected chi connectivity index (χ3v) is 5.45. The molecule has 2 aromatic rings. The fourth-order valence-corrected chi connectivity index (χ4v) is 3.84. The molecule has 0 unspecified atom stereocenters. The van der Waals surface area contributed by atoms with Crippen LogP contribution in [0.4, 0.5) is 10.6 Å². The van der Waals surface area contributed by atoms with Crippen LogP contribution in [0.15, 0.2) is 30.3 Å². The van der Waals surface area contributed by atoms with Crippen LogP contribution in [0.25, 0.3) is 11.3 Å². The lowest BCUT2D eigenvalue weighted by Gasteiger charge is -2.22. The maximum atomic E-state index is 12.7. The molecule has 2 aliphatic heterocycles. The van der Waals surface area contributed by atoms with Crippen LogP contribution in [0.5, 0.6) is 0 Å². The SMILES string of the molecule is Cc1ccccc1-c1cc(NC(=O)N2CC[C@]3(CCOC3)C2)n(C)n1. The zero-order chi connectivity index (χ0) is 17.4. The summed E-state index contributed by atoms with van der Waals surface area (Å²) >= 11 is 0. The van der Waals surface area contributed by atoms with Gasteiger partial charge in [0.15, 0.2) is 0 Å². The number of hydrogen-bond acceptors (Lipinski definition) is 3. The first-order chi connectivity index (χ1) is 12.1. The molecule has 2 amide bonds. The van der Waals surface area contributed by atoms with Crippen molar-refractivity contribution in [3.63, 3.8) is 0 Å². The van der Waals surface area contributed by atoms with E-state index in [0.717, 1.165) is 50.4 Å². The summed E-state index contributed by atoms with van der Waals surface area (Å²) in [6, 6.07) is 10.0. The van der Waals surface area contributed by atoms with E-state index in [1.807, 2.05) is 36.2 Å². The summed E-state index contributed by atoms with van der Waals surface area (Å²) in [5.41, 5.74) is 3.30. The molecule has 0 saturated carbocycles. The number of carbonyl (C=O) groups is 1. The molecule has 1 aromatic carbocycles. The first-order valence-electron chi connectivity index (χ1n) is 8.80. The van der Waals surface area contributed by atoms with Crippen molar-refractivity contribution in [2.75, 3.05) is 31.6 Å². The summed E-state index contributed by atoms with van der Waals surface area (Å²) < 4.78 is 7.27. The highest BCUT2D eigenvalue weighted by Crippen LogP contribution is 2.38. The Kier molecular flexibility index (Phi) is 4.00. The van der Waals surface area contributed by atoms with E-state index in [2.05, 4.69) is 23.4 Å². The lowest BCUT2D eigenvalue weighted by molar-refractivity contribution is 0.154. The van der Waals surface area contributed by atoms with Crippen molar-refractivity contribution in [1.29, 1.82) is 0 Å². The summed E-state index contributed by atoms with van der Waals surface area (Å²) in [5, 5.41) is 7.57. The van der Waals surface area contributed by atoms with Crippen molar-refractivity contribution in [3.8, 4) is 11.3 Å². The maximum absolute atomic E-state index is 12.7. The lowest BCUT2D eigenvalue weighted by atomic mass is 9.87. The van der Waals surface area contributed by atoms with E-state index in [9.17, 15) is 4.79 Å². The van der Waals surface area contributed by atoms with Gasteiger partial charge in [-0.1, -0.05) is 24.3 Å². The minimum atomic E-state index is -0.0527. The van der Waals surface area contributed by atoms with Crippen molar-refractivity contribution in [2.45, 2.75) is 19.8 Å². The van der Waals surface area contributed by atoms with Gasteiger partial charge in [0, 0.05) is 43.8 Å². The molecule has 0 aliphatic carbocycles. The van der Waals surface area contributed by atoms with E-state index in [1.165, 1.54) is 5.56 Å². The monoisotopic (exact) mass is 340 g/mol. The number of urea groups is 1. The van der Waals surface area contributed by atoms with Gasteiger partial charge < -0.3 is 9.64 Å². The van der Waals surface area contributed by atoms with Crippen molar-refractivity contribution < 1.29 is 9.53 Å². The molecule has 1 atom stereocenters. The van der Waals surface area contributed by atoms with E-state index in [1.54, 1.807) is 4.68 Å². The molecule has 25 heavy (non-hydrogen) atoms. The number of likely N-dealkylation sites (tertiary alicyclic amines) is 1. The van der Waals surface area contributed by atoms with Gasteiger partial charge in [-0.25, -0.2) is 4.79 Å². The van der Waals surface area contributed by atoms with Crippen molar-refractivity contribution >= 4 is 11.8 Å². The molecular formula is C19H24N4O2. The smallest absolute Gasteiger partial charge is 0.323 e. The van der Waals surface area contributed by atoms with E-state index < -0.39 is 0 Å². The number of ether oxygens (including phenoxy) is 1. The van der Waals surface area contributed by atoms with Gasteiger partial charge in [0.2, 0.25) is 0 Å². The van der Waals surface area contributed by atoms with Crippen molar-refractivity contribution in [3.05, 3.63) is 35.9 Å². The molecule has 2 saturated heterocycles. The number of nitrogens with zero attached hydrogens (tertiary/aromatic N) is 3. The molecular weight excluding hydrogens is 316 g/mol. The van der Waals surface area contributed by atoms with Crippen LogP contribution in [-0.2, 0) is 11.8 Å². The highest BCUT2D eigenvalue weighted by molar-refractivity contribution is 5.89. The summed E-state index contributed by atoms with van der Waals surface area (Å²) in [6.07, 6.45) is 2.08. The molecule has 4 rings (SSSR count). The maximum Gasteiger partial charge on any atom is 0.323 e. The molecule has 0 bridgehead atoms. The van der Waals surface area contributed by atoms with Crippen LogP contribution in [-0.4, -0.2) is 47.0 Å². The van der Waals surface area contributed by atoms with E-state index in [4.69, 9.17) is 4.74 Å². The minimum absolute atomic E-state index is 0.0527. The normalized spacial score (nSPS) is 22.7. The van der Waals surface area contributed by atoms with Crippen LogP contribution in [0.3, 0.4) is 0 Å². The first kappa shape index (κ1) is 16.1. The van der Waals surface area contributed by atoms with Crippen LogP contribution in [0.1, 0.15) is 18.4 Å². The molecule has 132 valence electrons. The average Bonchev–Trinajstić information content (AvgIpc) is 3.31. The summed E-state index contributed by atoms with van der Waals surface area (Å²) in [5.74, 6) is 0.715. The molecule has 3 heterocycles. The first-order valence-corrected chi connectivity index (χ1v) is 8.80. The summed E-state index contributed by atoms with van der Waals surface area (Å²) in [7, 11) is 1.85. The third-order valence-electron chi connectivity index (χ3n) is 5.45. The van der Waals surface area contributed by atoms with E-state index in [0.29, 0.717) is 5.82 Å². The Labute approximate surface area is 147 Å². The fraction of sp³-hybridized carbons (Fsp3) is 0.474. The van der Waals surface area contributed by atoms with Gasteiger partial charge in [-0.15, -0.1) is 0 Å². The van der Waals surface area contributed by atoms with Gasteiger partial charge in [-0.3, -0.25) is 10.00 Å². The lowest BCUT2D eigenvalue weighted by Crippen LogP contribution is -2.36. The van der Waals surface area contributed by atoms with Crippen LogP contribution >= 0.6 is 0 Å². The minimum Gasteiger partial charge on any atom is -0.381 e. The number of carbonyl (C=O) groups excluding carboxylic acids is 1. The third kappa shape index (κ3) is 3.02. The Balaban J connectivity index is 1.48. The molecule has 1 spiro atoms. The zero-order valence-electron chi connectivity index (χ0n) is 14.8. The number of rotatable bonds is 2. The van der Waals surface area contributed by atoms with Crippen LogP contribution < -0.4 is 5.32 Å². The van der Waals surface area contributed by atoms with Crippen LogP contribution in [0, 0.1) is 12.3 Å². The standard InChI is InChI=1S/C19H24N4O2/c1-14-5-3-4-6-15(14)16-11-17(22(2)21-16)20-18(24)23-9-7-19(12-23)8-10-25-13-19/h3-6,11H,7-10,12-13H2,1-2H3,(H,20,24)/t19-/m0/s1. The largest absolute Gasteiger partial charge is 0.381 e. The number of anilines is 1. The highest BCUT2D eigenvalue weighted by atomic mass is 16.5. The Bertz CT molecular complexity index is 792. The Hall–Kier alpha value is -2.34. The predicted molar refractivity (Wildman–Crippen MR) is 96.5 cm³/mol. The van der Waals surface area contributed by atoms with Gasteiger partial charge in [0.25, 0.3) is 0 Å². The second-order valence-corrected chi connectivity index (χ2v) is 7.26. The number of aryl methyl sites for hydroxylation is 2. The highest BCUT2D eigenvalue weighted by Gasteiger charge is 2.42.